The fourth-order valence-corrected chi connectivity index (χ4v) is 3.94. The van der Waals surface area contributed by atoms with Gasteiger partial charge in [0.15, 0.2) is 6.61 Å². The minimum atomic E-state index is -0.650. The molecule has 0 aromatic heterocycles. The molecule has 2 rings (SSSR count). The summed E-state index contributed by atoms with van der Waals surface area (Å²) in [7, 11) is 0. The van der Waals surface area contributed by atoms with Gasteiger partial charge in [-0.15, -0.1) is 0 Å². The molecule has 0 saturated heterocycles. The molecule has 30 heavy (non-hydrogen) atoms. The van der Waals surface area contributed by atoms with Gasteiger partial charge in [-0.1, -0.05) is 46.6 Å². The van der Waals surface area contributed by atoms with Crippen molar-refractivity contribution < 1.29 is 14.3 Å². The predicted molar refractivity (Wildman–Crippen MR) is 127 cm³/mol. The first-order chi connectivity index (χ1) is 14.2. The number of carbonyl (C=O) groups excluding carboxylic acids is 2. The van der Waals surface area contributed by atoms with Gasteiger partial charge in [0, 0.05) is 22.1 Å². The first-order valence-electron chi connectivity index (χ1n) is 9.63. The number of hydrogen-bond donors (Lipinski definition) is 1. The molecule has 0 aliphatic rings. The van der Waals surface area contributed by atoms with Gasteiger partial charge < -0.3 is 15.0 Å². The second-order valence-electron chi connectivity index (χ2n) is 7.01. The van der Waals surface area contributed by atoms with Gasteiger partial charge in [0.05, 0.1) is 4.47 Å². The molecule has 8 heteroatoms. The standard InChI is InChI=1S/C22H25Br2ClN2O3/c1-4-14(2)26-22(29)15(3)27(12-16-6-5-7-17(23)10-16)21(28)13-30-20-9-8-18(25)11-19(20)24/h5-11,14-15H,4,12-13H2,1-3H3,(H,26,29)/t14-,15-/m1/s1. The molecule has 0 fully saturated rings. The average molecular weight is 561 g/mol. The highest BCUT2D eigenvalue weighted by Gasteiger charge is 2.27. The summed E-state index contributed by atoms with van der Waals surface area (Å²) in [6.45, 7) is 5.75. The number of rotatable bonds is 9. The normalized spacial score (nSPS) is 12.7. The number of nitrogens with one attached hydrogen (secondary N) is 1. The zero-order valence-corrected chi connectivity index (χ0v) is 21.1. The van der Waals surface area contributed by atoms with E-state index in [0.717, 1.165) is 16.5 Å². The van der Waals surface area contributed by atoms with Crippen molar-refractivity contribution in [1.29, 1.82) is 0 Å². The fraction of sp³-hybridized carbons (Fsp3) is 0.364. The molecule has 0 unspecified atom stereocenters. The number of amides is 2. The van der Waals surface area contributed by atoms with Crippen LogP contribution in [0.3, 0.4) is 0 Å². The summed E-state index contributed by atoms with van der Waals surface area (Å²) in [4.78, 5) is 27.3. The van der Waals surface area contributed by atoms with E-state index < -0.39 is 6.04 Å². The summed E-state index contributed by atoms with van der Waals surface area (Å²) in [5.41, 5.74) is 0.911. The monoisotopic (exact) mass is 558 g/mol. The first kappa shape index (κ1) is 24.7. The Morgan fingerprint density at radius 1 is 1.17 bits per heavy atom. The Morgan fingerprint density at radius 3 is 2.53 bits per heavy atom. The number of hydrogen-bond acceptors (Lipinski definition) is 3. The molecule has 162 valence electrons. The second-order valence-corrected chi connectivity index (χ2v) is 9.22. The molecule has 0 aliphatic carbocycles. The topological polar surface area (TPSA) is 58.6 Å². The molecular formula is C22H25Br2ClN2O3. The zero-order valence-electron chi connectivity index (χ0n) is 17.1. The van der Waals surface area contributed by atoms with E-state index in [1.54, 1.807) is 25.1 Å². The molecule has 2 atom stereocenters. The van der Waals surface area contributed by atoms with E-state index in [9.17, 15) is 9.59 Å². The van der Waals surface area contributed by atoms with Gasteiger partial charge in [0.2, 0.25) is 5.91 Å². The van der Waals surface area contributed by atoms with Crippen molar-refractivity contribution in [3.8, 4) is 5.75 Å². The van der Waals surface area contributed by atoms with Crippen LogP contribution >= 0.6 is 43.5 Å². The lowest BCUT2D eigenvalue weighted by Gasteiger charge is -2.29. The quantitative estimate of drug-likeness (QED) is 0.436. The van der Waals surface area contributed by atoms with Gasteiger partial charge >= 0.3 is 0 Å². The molecule has 0 radical (unpaired) electrons. The number of carbonyl (C=O) groups is 2. The smallest absolute Gasteiger partial charge is 0.261 e. The second kappa shape index (κ2) is 11.7. The summed E-state index contributed by atoms with van der Waals surface area (Å²) >= 11 is 12.8. The average Bonchev–Trinajstić information content (AvgIpc) is 2.70. The third kappa shape index (κ3) is 7.29. The number of halogens is 3. The van der Waals surface area contributed by atoms with Crippen LogP contribution in [0.4, 0.5) is 0 Å². The van der Waals surface area contributed by atoms with Gasteiger partial charge in [-0.2, -0.15) is 0 Å². The molecule has 1 N–H and O–H groups in total. The van der Waals surface area contributed by atoms with Crippen LogP contribution in [0.1, 0.15) is 32.8 Å². The summed E-state index contributed by atoms with van der Waals surface area (Å²) in [6, 6.07) is 12.1. The first-order valence-corrected chi connectivity index (χ1v) is 11.6. The van der Waals surface area contributed by atoms with Crippen LogP contribution in [0, 0.1) is 0 Å². The van der Waals surface area contributed by atoms with E-state index in [0.29, 0.717) is 21.8 Å². The molecule has 0 heterocycles. The number of nitrogens with zero attached hydrogens (tertiary/aromatic N) is 1. The minimum absolute atomic E-state index is 0.0315. The van der Waals surface area contributed by atoms with Crippen molar-refractivity contribution in [2.45, 2.75) is 45.8 Å². The molecule has 0 bridgehead atoms. The highest BCUT2D eigenvalue weighted by Crippen LogP contribution is 2.28. The predicted octanol–water partition coefficient (Wildman–Crippen LogP) is 5.58. The molecule has 0 aliphatic heterocycles. The Balaban J connectivity index is 2.18. The molecule has 5 nitrogen and oxygen atoms in total. The third-order valence-electron chi connectivity index (χ3n) is 4.66. The molecular weight excluding hydrogens is 536 g/mol. The van der Waals surface area contributed by atoms with Crippen LogP contribution in [-0.2, 0) is 16.1 Å². The molecule has 0 saturated carbocycles. The van der Waals surface area contributed by atoms with Crippen LogP contribution in [0.2, 0.25) is 5.02 Å². The highest BCUT2D eigenvalue weighted by atomic mass is 79.9. The van der Waals surface area contributed by atoms with Gasteiger partial charge in [-0.25, -0.2) is 0 Å². The zero-order chi connectivity index (χ0) is 22.3. The number of benzene rings is 2. The van der Waals surface area contributed by atoms with Gasteiger partial charge in [-0.3, -0.25) is 9.59 Å². The van der Waals surface area contributed by atoms with Crippen molar-refractivity contribution in [3.05, 3.63) is 62.0 Å². The minimum Gasteiger partial charge on any atom is -0.483 e. The summed E-state index contributed by atoms with van der Waals surface area (Å²) in [5.74, 6) is 0.0239. The van der Waals surface area contributed by atoms with Gasteiger partial charge in [0.1, 0.15) is 11.8 Å². The molecule has 0 spiro atoms. The van der Waals surface area contributed by atoms with Crippen LogP contribution in [0.25, 0.3) is 0 Å². The van der Waals surface area contributed by atoms with Crippen LogP contribution in [0.5, 0.6) is 5.75 Å². The van der Waals surface area contributed by atoms with Crippen LogP contribution in [-0.4, -0.2) is 35.4 Å². The fourth-order valence-electron chi connectivity index (χ4n) is 2.69. The maximum absolute atomic E-state index is 13.1. The van der Waals surface area contributed by atoms with Crippen molar-refractivity contribution in [3.63, 3.8) is 0 Å². The Morgan fingerprint density at radius 2 is 1.90 bits per heavy atom. The van der Waals surface area contributed by atoms with Crippen molar-refractivity contribution in [2.24, 2.45) is 0 Å². The Labute approximate surface area is 199 Å². The number of ether oxygens (including phenoxy) is 1. The maximum atomic E-state index is 13.1. The highest BCUT2D eigenvalue weighted by molar-refractivity contribution is 9.10. The van der Waals surface area contributed by atoms with E-state index in [2.05, 4.69) is 37.2 Å². The third-order valence-corrected chi connectivity index (χ3v) is 6.00. The van der Waals surface area contributed by atoms with E-state index >= 15 is 0 Å². The molecule has 2 aromatic carbocycles. The molecule has 2 aromatic rings. The maximum Gasteiger partial charge on any atom is 0.261 e. The lowest BCUT2D eigenvalue weighted by Crippen LogP contribution is -2.50. The van der Waals surface area contributed by atoms with E-state index in [1.165, 1.54) is 4.90 Å². The SMILES string of the molecule is CC[C@@H](C)NC(=O)[C@@H](C)N(Cc1cccc(Br)c1)C(=O)COc1ccc(Cl)cc1Br. The summed E-state index contributed by atoms with van der Waals surface area (Å²) < 4.78 is 7.25. The molecule has 2 amide bonds. The Hall–Kier alpha value is -1.57. The van der Waals surface area contributed by atoms with Gasteiger partial charge in [-0.05, 0) is 72.1 Å². The van der Waals surface area contributed by atoms with E-state index in [-0.39, 0.29) is 24.5 Å². The van der Waals surface area contributed by atoms with Crippen molar-refractivity contribution >= 4 is 55.3 Å². The Kier molecular flexibility index (Phi) is 9.65. The lowest BCUT2D eigenvalue weighted by molar-refractivity contribution is -0.142. The summed E-state index contributed by atoms with van der Waals surface area (Å²) in [6.07, 6.45) is 0.811. The summed E-state index contributed by atoms with van der Waals surface area (Å²) in [5, 5.41) is 3.51. The van der Waals surface area contributed by atoms with Crippen molar-refractivity contribution in [1.82, 2.24) is 10.2 Å². The van der Waals surface area contributed by atoms with Crippen LogP contribution < -0.4 is 10.1 Å². The Bertz CT molecular complexity index is 894. The lowest BCUT2D eigenvalue weighted by atomic mass is 10.1. The van der Waals surface area contributed by atoms with Crippen LogP contribution in [0.15, 0.2) is 51.4 Å². The van der Waals surface area contributed by atoms with Gasteiger partial charge in [0.25, 0.3) is 5.91 Å². The van der Waals surface area contributed by atoms with E-state index in [4.69, 9.17) is 16.3 Å². The largest absolute Gasteiger partial charge is 0.483 e. The van der Waals surface area contributed by atoms with Crippen molar-refractivity contribution in [2.75, 3.05) is 6.61 Å². The van der Waals surface area contributed by atoms with E-state index in [1.807, 2.05) is 38.1 Å².